The lowest BCUT2D eigenvalue weighted by molar-refractivity contribution is -0.131. The van der Waals surface area contributed by atoms with Crippen molar-refractivity contribution in [3.05, 3.63) is 42.0 Å². The molecular weight excluding hydrogens is 236 g/mol. The second-order valence-corrected chi connectivity index (χ2v) is 3.52. The van der Waals surface area contributed by atoms with Gasteiger partial charge in [-0.05, 0) is 29.8 Å². The van der Waals surface area contributed by atoms with Crippen LogP contribution in [-0.4, -0.2) is 23.7 Å². The van der Waals surface area contributed by atoms with Crippen molar-refractivity contribution in [1.29, 1.82) is 0 Å². The maximum Gasteiger partial charge on any atom is 0.328 e. The number of rotatable bonds is 4. The van der Waals surface area contributed by atoms with Crippen LogP contribution in [0.15, 0.2) is 36.4 Å². The van der Waals surface area contributed by atoms with Gasteiger partial charge >= 0.3 is 5.97 Å². The summed E-state index contributed by atoms with van der Waals surface area (Å²) in [5.74, 6) is -0.246. The Balaban J connectivity index is 2.05. The summed E-state index contributed by atoms with van der Waals surface area (Å²) in [5.41, 5.74) is 0.774. The van der Waals surface area contributed by atoms with Gasteiger partial charge in [0.25, 0.3) is 0 Å². The van der Waals surface area contributed by atoms with E-state index in [4.69, 9.17) is 14.6 Å². The van der Waals surface area contributed by atoms with Gasteiger partial charge in [0.05, 0.1) is 0 Å². The summed E-state index contributed by atoms with van der Waals surface area (Å²) in [6.07, 6.45) is 4.66. The van der Waals surface area contributed by atoms with Gasteiger partial charge in [-0.25, -0.2) is 4.79 Å². The van der Waals surface area contributed by atoms with E-state index in [0.29, 0.717) is 11.5 Å². The number of carboxylic acids is 1. The zero-order chi connectivity index (χ0) is 13.0. The number of fused-ring (bicyclic) bond motifs is 1. The fraction of sp³-hybridized carbons (Fsp3) is 0.0769. The van der Waals surface area contributed by atoms with Crippen LogP contribution in [0.5, 0.6) is 11.5 Å². The molecule has 1 aromatic rings. The molecule has 2 rings (SSSR count). The molecule has 18 heavy (non-hydrogen) atoms. The Morgan fingerprint density at radius 2 is 1.89 bits per heavy atom. The predicted molar refractivity (Wildman–Crippen MR) is 63.4 cm³/mol. The Labute approximate surface area is 103 Å². The number of ketones is 1. The van der Waals surface area contributed by atoms with Gasteiger partial charge in [0.15, 0.2) is 17.3 Å². The molecule has 0 amide bonds. The highest BCUT2D eigenvalue weighted by Gasteiger charge is 2.12. The van der Waals surface area contributed by atoms with Crippen molar-refractivity contribution in [2.45, 2.75) is 0 Å². The summed E-state index contributed by atoms with van der Waals surface area (Å²) in [5, 5.41) is 8.36. The molecule has 1 aromatic carbocycles. The number of benzene rings is 1. The van der Waals surface area contributed by atoms with Crippen molar-refractivity contribution < 1.29 is 24.2 Å². The first kappa shape index (κ1) is 11.9. The van der Waals surface area contributed by atoms with Crippen LogP contribution >= 0.6 is 0 Å². The summed E-state index contributed by atoms with van der Waals surface area (Å²) < 4.78 is 10.3. The van der Waals surface area contributed by atoms with Crippen LogP contribution in [0.4, 0.5) is 0 Å². The van der Waals surface area contributed by atoms with E-state index in [1.807, 2.05) is 0 Å². The summed E-state index contributed by atoms with van der Waals surface area (Å²) in [7, 11) is 0. The minimum absolute atomic E-state index is 0.197. The lowest BCUT2D eigenvalue weighted by Gasteiger charge is -1.96. The monoisotopic (exact) mass is 246 g/mol. The highest BCUT2D eigenvalue weighted by molar-refractivity contribution is 6.04. The topological polar surface area (TPSA) is 72.8 Å². The van der Waals surface area contributed by atoms with Crippen LogP contribution in [0.1, 0.15) is 5.56 Å². The van der Waals surface area contributed by atoms with Gasteiger partial charge in [-0.2, -0.15) is 0 Å². The molecule has 0 radical (unpaired) electrons. The first-order chi connectivity index (χ1) is 8.65. The third-order valence-electron chi connectivity index (χ3n) is 2.23. The van der Waals surface area contributed by atoms with Gasteiger partial charge in [-0.3, -0.25) is 4.79 Å². The molecular formula is C13H10O5. The van der Waals surface area contributed by atoms with E-state index >= 15 is 0 Å². The van der Waals surface area contributed by atoms with Gasteiger partial charge in [-0.1, -0.05) is 12.1 Å². The molecule has 0 atom stereocenters. The number of carbonyl (C=O) groups is 2. The van der Waals surface area contributed by atoms with E-state index in [9.17, 15) is 9.59 Å². The minimum Gasteiger partial charge on any atom is -0.478 e. The Morgan fingerprint density at radius 3 is 2.67 bits per heavy atom. The van der Waals surface area contributed by atoms with Crippen molar-refractivity contribution in [1.82, 2.24) is 0 Å². The molecule has 1 aliphatic heterocycles. The first-order valence-electron chi connectivity index (χ1n) is 5.18. The van der Waals surface area contributed by atoms with Crippen LogP contribution in [0.2, 0.25) is 0 Å². The fourth-order valence-corrected chi connectivity index (χ4v) is 1.40. The van der Waals surface area contributed by atoms with Crippen molar-refractivity contribution in [3.8, 4) is 11.5 Å². The summed E-state index contributed by atoms with van der Waals surface area (Å²) in [6, 6.07) is 5.27. The second kappa shape index (κ2) is 5.18. The van der Waals surface area contributed by atoms with E-state index < -0.39 is 11.8 Å². The van der Waals surface area contributed by atoms with E-state index in [-0.39, 0.29) is 6.79 Å². The van der Waals surface area contributed by atoms with Gasteiger partial charge < -0.3 is 14.6 Å². The molecule has 92 valence electrons. The third-order valence-corrected chi connectivity index (χ3v) is 2.23. The standard InChI is InChI=1S/C13H10O5/c14-10(4-6-13(15)16)3-1-9-2-5-11-12(7-9)18-8-17-11/h1-7H,8H2,(H,15,16). The molecule has 0 fully saturated rings. The SMILES string of the molecule is O=C(O)C=CC(=O)C=Cc1ccc2c(c1)OCO2. The maximum atomic E-state index is 11.3. The lowest BCUT2D eigenvalue weighted by atomic mass is 10.1. The predicted octanol–water partition coefficient (Wildman–Crippen LogP) is 1.64. The van der Waals surface area contributed by atoms with Crippen molar-refractivity contribution in [3.63, 3.8) is 0 Å². The molecule has 0 aromatic heterocycles. The maximum absolute atomic E-state index is 11.3. The molecule has 5 nitrogen and oxygen atoms in total. The average molecular weight is 246 g/mol. The lowest BCUT2D eigenvalue weighted by Crippen LogP contribution is -1.92. The molecule has 0 bridgehead atoms. The Kier molecular flexibility index (Phi) is 3.43. The van der Waals surface area contributed by atoms with E-state index in [0.717, 1.165) is 17.7 Å². The number of ether oxygens (including phenoxy) is 2. The Bertz CT molecular complexity index is 542. The largest absolute Gasteiger partial charge is 0.478 e. The number of carbonyl (C=O) groups excluding carboxylic acids is 1. The molecule has 1 aliphatic rings. The van der Waals surface area contributed by atoms with Gasteiger partial charge in [-0.15, -0.1) is 0 Å². The van der Waals surface area contributed by atoms with Crippen molar-refractivity contribution in [2.24, 2.45) is 0 Å². The van der Waals surface area contributed by atoms with Gasteiger partial charge in [0, 0.05) is 6.08 Å². The van der Waals surface area contributed by atoms with E-state index in [2.05, 4.69) is 0 Å². The Morgan fingerprint density at radius 1 is 1.11 bits per heavy atom. The smallest absolute Gasteiger partial charge is 0.328 e. The highest BCUT2D eigenvalue weighted by atomic mass is 16.7. The minimum atomic E-state index is -1.15. The number of carboxylic acid groups (broad SMARTS) is 1. The number of hydrogen-bond acceptors (Lipinski definition) is 4. The van der Waals surface area contributed by atoms with Crippen molar-refractivity contribution in [2.75, 3.05) is 6.79 Å². The summed E-state index contributed by atoms with van der Waals surface area (Å²) in [6.45, 7) is 0.197. The number of hydrogen-bond donors (Lipinski definition) is 1. The summed E-state index contributed by atoms with van der Waals surface area (Å²) in [4.78, 5) is 21.5. The van der Waals surface area contributed by atoms with Crippen LogP contribution in [-0.2, 0) is 9.59 Å². The second-order valence-electron chi connectivity index (χ2n) is 3.52. The first-order valence-corrected chi connectivity index (χ1v) is 5.18. The molecule has 0 saturated carbocycles. The fourth-order valence-electron chi connectivity index (χ4n) is 1.40. The van der Waals surface area contributed by atoms with Crippen molar-refractivity contribution >= 4 is 17.8 Å². The zero-order valence-electron chi connectivity index (χ0n) is 9.33. The molecule has 0 spiro atoms. The van der Waals surface area contributed by atoms with Crippen LogP contribution in [0, 0.1) is 0 Å². The quantitative estimate of drug-likeness (QED) is 0.817. The number of allylic oxidation sites excluding steroid dienone is 2. The highest BCUT2D eigenvalue weighted by Crippen LogP contribution is 2.32. The molecule has 1 N–H and O–H groups in total. The van der Waals surface area contributed by atoms with Gasteiger partial charge in [0.2, 0.25) is 6.79 Å². The molecule has 0 unspecified atom stereocenters. The molecule has 0 aliphatic carbocycles. The molecule has 1 heterocycles. The normalized spacial score (nSPS) is 13.3. The molecule has 0 saturated heterocycles. The zero-order valence-corrected chi connectivity index (χ0v) is 9.33. The summed E-state index contributed by atoms with van der Waals surface area (Å²) >= 11 is 0. The number of aliphatic carboxylic acids is 1. The van der Waals surface area contributed by atoms with Gasteiger partial charge in [0.1, 0.15) is 0 Å². The molecule has 5 heteroatoms. The Hall–Kier alpha value is -2.56. The van der Waals surface area contributed by atoms with E-state index in [1.165, 1.54) is 6.08 Å². The van der Waals surface area contributed by atoms with Crippen LogP contribution < -0.4 is 9.47 Å². The van der Waals surface area contributed by atoms with Crippen LogP contribution in [0.25, 0.3) is 6.08 Å². The van der Waals surface area contributed by atoms with E-state index in [1.54, 1.807) is 24.3 Å². The van der Waals surface area contributed by atoms with Crippen LogP contribution in [0.3, 0.4) is 0 Å². The third kappa shape index (κ3) is 2.98. The average Bonchev–Trinajstić information content (AvgIpc) is 2.81.